The Bertz CT molecular complexity index is 367. The van der Waals surface area contributed by atoms with Crippen molar-refractivity contribution in [3.63, 3.8) is 0 Å². The molecule has 1 saturated carbocycles. The number of aryl methyl sites for hydroxylation is 1. The predicted octanol–water partition coefficient (Wildman–Crippen LogP) is 1.69. The molecule has 0 atom stereocenters. The standard InChI is InChI=1S/C11H14O3/c1-7-3-4-8(11(13)5-6-11)9(12)10(7)14-2/h3-4,12-13H,5-6H2,1-2H3. The Morgan fingerprint density at radius 1 is 1.36 bits per heavy atom. The minimum atomic E-state index is -0.814. The lowest BCUT2D eigenvalue weighted by molar-refractivity contribution is 0.147. The van der Waals surface area contributed by atoms with E-state index in [1.54, 1.807) is 6.07 Å². The highest BCUT2D eigenvalue weighted by atomic mass is 16.5. The third kappa shape index (κ3) is 1.24. The molecule has 2 rings (SSSR count). The molecule has 1 aliphatic rings. The van der Waals surface area contributed by atoms with Crippen LogP contribution in [0.3, 0.4) is 0 Å². The number of hydrogen-bond donors (Lipinski definition) is 2. The topological polar surface area (TPSA) is 49.7 Å². The van der Waals surface area contributed by atoms with Gasteiger partial charge in [0.2, 0.25) is 0 Å². The zero-order chi connectivity index (χ0) is 10.3. The number of ether oxygens (including phenoxy) is 1. The highest BCUT2D eigenvalue weighted by Gasteiger charge is 2.44. The van der Waals surface area contributed by atoms with Crippen LogP contribution in [0.25, 0.3) is 0 Å². The first kappa shape index (κ1) is 9.34. The van der Waals surface area contributed by atoms with Gasteiger partial charge in [0.05, 0.1) is 12.7 Å². The maximum absolute atomic E-state index is 9.88. The van der Waals surface area contributed by atoms with Crippen LogP contribution < -0.4 is 4.74 Å². The van der Waals surface area contributed by atoms with Crippen molar-refractivity contribution >= 4 is 0 Å². The Morgan fingerprint density at radius 2 is 2.00 bits per heavy atom. The number of phenolic OH excluding ortho intramolecular Hbond substituents is 1. The van der Waals surface area contributed by atoms with E-state index in [9.17, 15) is 10.2 Å². The summed E-state index contributed by atoms with van der Waals surface area (Å²) in [7, 11) is 1.52. The lowest BCUT2D eigenvalue weighted by Crippen LogP contribution is -2.05. The van der Waals surface area contributed by atoms with Crippen molar-refractivity contribution < 1.29 is 14.9 Å². The molecule has 1 aliphatic carbocycles. The maximum Gasteiger partial charge on any atom is 0.164 e. The van der Waals surface area contributed by atoms with Crippen molar-refractivity contribution in [3.05, 3.63) is 23.3 Å². The minimum absolute atomic E-state index is 0.0764. The van der Waals surface area contributed by atoms with Gasteiger partial charge >= 0.3 is 0 Å². The summed E-state index contributed by atoms with van der Waals surface area (Å²) in [6.07, 6.45) is 1.43. The molecule has 0 spiro atoms. The fourth-order valence-corrected chi connectivity index (χ4v) is 1.69. The van der Waals surface area contributed by atoms with Gasteiger partial charge in [-0.2, -0.15) is 0 Å². The Labute approximate surface area is 83.0 Å². The van der Waals surface area contributed by atoms with Gasteiger partial charge in [-0.3, -0.25) is 0 Å². The molecule has 1 fully saturated rings. The van der Waals surface area contributed by atoms with Crippen molar-refractivity contribution in [3.8, 4) is 11.5 Å². The van der Waals surface area contributed by atoms with Gasteiger partial charge in [0.1, 0.15) is 0 Å². The molecule has 76 valence electrons. The molecule has 3 heteroatoms. The van der Waals surface area contributed by atoms with Crippen LogP contribution in [0.2, 0.25) is 0 Å². The van der Waals surface area contributed by atoms with E-state index in [4.69, 9.17) is 4.74 Å². The number of benzene rings is 1. The van der Waals surface area contributed by atoms with E-state index in [0.29, 0.717) is 24.2 Å². The number of aromatic hydroxyl groups is 1. The van der Waals surface area contributed by atoms with Crippen molar-refractivity contribution in [2.75, 3.05) is 7.11 Å². The number of rotatable bonds is 2. The molecule has 3 nitrogen and oxygen atoms in total. The van der Waals surface area contributed by atoms with Crippen LogP contribution in [0.5, 0.6) is 11.5 Å². The molecule has 14 heavy (non-hydrogen) atoms. The Kier molecular flexibility index (Phi) is 1.93. The molecule has 0 heterocycles. The van der Waals surface area contributed by atoms with Crippen LogP contribution in [0.15, 0.2) is 12.1 Å². The molecule has 0 aliphatic heterocycles. The fraction of sp³-hybridized carbons (Fsp3) is 0.455. The average Bonchev–Trinajstić information content (AvgIpc) is 2.85. The van der Waals surface area contributed by atoms with Crippen molar-refractivity contribution in [1.82, 2.24) is 0 Å². The lowest BCUT2D eigenvalue weighted by Gasteiger charge is -2.14. The van der Waals surface area contributed by atoms with Gasteiger partial charge in [0.25, 0.3) is 0 Å². The first-order valence-electron chi connectivity index (χ1n) is 4.68. The Morgan fingerprint density at radius 3 is 2.50 bits per heavy atom. The van der Waals surface area contributed by atoms with E-state index in [-0.39, 0.29) is 5.75 Å². The van der Waals surface area contributed by atoms with Crippen LogP contribution in [0.4, 0.5) is 0 Å². The van der Waals surface area contributed by atoms with E-state index in [0.717, 1.165) is 5.56 Å². The molecule has 0 aromatic heterocycles. The second-order valence-electron chi connectivity index (χ2n) is 3.84. The van der Waals surface area contributed by atoms with Gasteiger partial charge in [-0.05, 0) is 25.3 Å². The molecule has 0 saturated heterocycles. The van der Waals surface area contributed by atoms with E-state index < -0.39 is 5.60 Å². The van der Waals surface area contributed by atoms with Crippen molar-refractivity contribution in [2.45, 2.75) is 25.4 Å². The first-order chi connectivity index (χ1) is 6.58. The van der Waals surface area contributed by atoms with Gasteiger partial charge in [-0.25, -0.2) is 0 Å². The molecule has 0 unspecified atom stereocenters. The summed E-state index contributed by atoms with van der Waals surface area (Å²) in [4.78, 5) is 0. The quantitative estimate of drug-likeness (QED) is 0.753. The van der Waals surface area contributed by atoms with Crippen LogP contribution in [-0.4, -0.2) is 17.3 Å². The zero-order valence-corrected chi connectivity index (χ0v) is 8.37. The summed E-state index contributed by atoms with van der Waals surface area (Å²) in [6, 6.07) is 3.62. The molecule has 0 amide bonds. The molecular formula is C11H14O3. The number of aliphatic hydroxyl groups is 1. The summed E-state index contributed by atoms with van der Waals surface area (Å²) in [5, 5.41) is 19.7. The number of phenols is 1. The molecule has 2 N–H and O–H groups in total. The van der Waals surface area contributed by atoms with Crippen LogP contribution in [-0.2, 0) is 5.60 Å². The van der Waals surface area contributed by atoms with Gasteiger partial charge in [-0.1, -0.05) is 12.1 Å². The normalized spacial score (nSPS) is 17.9. The lowest BCUT2D eigenvalue weighted by atomic mass is 10.0. The average molecular weight is 194 g/mol. The van der Waals surface area contributed by atoms with Gasteiger partial charge in [0.15, 0.2) is 11.5 Å². The summed E-state index contributed by atoms with van der Waals surface area (Å²) in [5.74, 6) is 0.537. The first-order valence-corrected chi connectivity index (χ1v) is 4.68. The van der Waals surface area contributed by atoms with Crippen LogP contribution in [0.1, 0.15) is 24.0 Å². The molecule has 1 aromatic carbocycles. The third-order valence-electron chi connectivity index (χ3n) is 2.76. The predicted molar refractivity (Wildman–Crippen MR) is 52.5 cm³/mol. The monoisotopic (exact) mass is 194 g/mol. The smallest absolute Gasteiger partial charge is 0.164 e. The Balaban J connectivity index is 2.53. The molecular weight excluding hydrogens is 180 g/mol. The second kappa shape index (κ2) is 2.89. The highest BCUT2D eigenvalue weighted by Crippen LogP contribution is 2.51. The maximum atomic E-state index is 9.88. The van der Waals surface area contributed by atoms with E-state index in [2.05, 4.69) is 0 Å². The SMILES string of the molecule is COc1c(C)ccc(C2(O)CC2)c1O. The molecule has 0 radical (unpaired) electrons. The Hall–Kier alpha value is -1.22. The third-order valence-corrected chi connectivity index (χ3v) is 2.76. The largest absolute Gasteiger partial charge is 0.504 e. The summed E-state index contributed by atoms with van der Waals surface area (Å²) < 4.78 is 5.08. The highest BCUT2D eigenvalue weighted by molar-refractivity contribution is 5.53. The van der Waals surface area contributed by atoms with Crippen LogP contribution >= 0.6 is 0 Å². The second-order valence-corrected chi connectivity index (χ2v) is 3.84. The zero-order valence-electron chi connectivity index (χ0n) is 8.37. The molecule has 1 aromatic rings. The van der Waals surface area contributed by atoms with Gasteiger partial charge in [0, 0.05) is 5.56 Å². The number of hydrogen-bond acceptors (Lipinski definition) is 3. The number of methoxy groups -OCH3 is 1. The summed E-state index contributed by atoms with van der Waals surface area (Å²) in [5.41, 5.74) is 0.642. The van der Waals surface area contributed by atoms with Crippen LogP contribution in [0, 0.1) is 6.92 Å². The van der Waals surface area contributed by atoms with Gasteiger partial charge in [-0.15, -0.1) is 0 Å². The summed E-state index contributed by atoms with van der Waals surface area (Å²) >= 11 is 0. The fourth-order valence-electron chi connectivity index (χ4n) is 1.69. The van der Waals surface area contributed by atoms with E-state index in [1.165, 1.54) is 7.11 Å². The molecule has 0 bridgehead atoms. The summed E-state index contributed by atoms with van der Waals surface area (Å²) in [6.45, 7) is 1.86. The minimum Gasteiger partial charge on any atom is -0.504 e. The van der Waals surface area contributed by atoms with E-state index in [1.807, 2.05) is 13.0 Å². The van der Waals surface area contributed by atoms with E-state index >= 15 is 0 Å². The van der Waals surface area contributed by atoms with Crippen molar-refractivity contribution in [2.24, 2.45) is 0 Å². The van der Waals surface area contributed by atoms with Gasteiger partial charge < -0.3 is 14.9 Å². The van der Waals surface area contributed by atoms with Crippen molar-refractivity contribution in [1.29, 1.82) is 0 Å².